The number of nitrogens with zero attached hydrogens (tertiary/aromatic N) is 4. The number of carbonyl (C=O) groups excluding carboxylic acids is 1. The van der Waals surface area contributed by atoms with E-state index in [2.05, 4.69) is 23.7 Å². The predicted molar refractivity (Wildman–Crippen MR) is 87.3 cm³/mol. The van der Waals surface area contributed by atoms with Gasteiger partial charge in [-0.3, -0.25) is 9.20 Å². The molecule has 0 saturated carbocycles. The SMILES string of the molecule is CCc1nc2c(C)cccn2c1C(=O)N1CCN(CC)CC1. The topological polar surface area (TPSA) is 40.9 Å². The van der Waals surface area contributed by atoms with E-state index in [-0.39, 0.29) is 5.91 Å². The van der Waals surface area contributed by atoms with Crippen molar-refractivity contribution in [2.45, 2.75) is 27.2 Å². The zero-order valence-electron chi connectivity index (χ0n) is 13.7. The number of aryl methyl sites for hydroxylation is 2. The minimum absolute atomic E-state index is 0.116. The van der Waals surface area contributed by atoms with Gasteiger partial charge in [-0.15, -0.1) is 0 Å². The third kappa shape index (κ3) is 2.50. The molecule has 0 aliphatic carbocycles. The fourth-order valence-corrected chi connectivity index (χ4v) is 3.14. The van der Waals surface area contributed by atoms with Crippen LogP contribution in [0.5, 0.6) is 0 Å². The van der Waals surface area contributed by atoms with E-state index in [0.29, 0.717) is 0 Å². The molecule has 0 bridgehead atoms. The number of likely N-dealkylation sites (N-methyl/N-ethyl adjacent to an activating group) is 1. The Hall–Kier alpha value is -1.88. The van der Waals surface area contributed by atoms with Gasteiger partial charge >= 0.3 is 0 Å². The summed E-state index contributed by atoms with van der Waals surface area (Å²) in [6, 6.07) is 4.02. The van der Waals surface area contributed by atoms with E-state index in [9.17, 15) is 4.79 Å². The van der Waals surface area contributed by atoms with Crippen molar-refractivity contribution in [3.05, 3.63) is 35.3 Å². The Bertz CT molecular complexity index is 683. The van der Waals surface area contributed by atoms with E-state index < -0.39 is 0 Å². The summed E-state index contributed by atoms with van der Waals surface area (Å²) in [4.78, 5) is 22.0. The number of rotatable bonds is 3. The molecule has 0 unspecified atom stereocenters. The fraction of sp³-hybridized carbons (Fsp3) is 0.529. The van der Waals surface area contributed by atoms with Crippen LogP contribution < -0.4 is 0 Å². The van der Waals surface area contributed by atoms with E-state index in [1.165, 1.54) is 0 Å². The summed E-state index contributed by atoms with van der Waals surface area (Å²) in [5.74, 6) is 0.116. The van der Waals surface area contributed by atoms with Crippen molar-refractivity contribution in [3.8, 4) is 0 Å². The second-order valence-corrected chi connectivity index (χ2v) is 5.87. The van der Waals surface area contributed by atoms with Crippen molar-refractivity contribution in [1.29, 1.82) is 0 Å². The largest absolute Gasteiger partial charge is 0.335 e. The van der Waals surface area contributed by atoms with Crippen molar-refractivity contribution < 1.29 is 4.79 Å². The number of imidazole rings is 1. The second kappa shape index (κ2) is 6.08. The molecule has 22 heavy (non-hydrogen) atoms. The molecule has 0 spiro atoms. The molecule has 2 aromatic rings. The van der Waals surface area contributed by atoms with Gasteiger partial charge in [0.15, 0.2) is 0 Å². The van der Waals surface area contributed by atoms with Gasteiger partial charge in [-0.05, 0) is 31.5 Å². The maximum atomic E-state index is 13.0. The zero-order chi connectivity index (χ0) is 15.7. The number of pyridine rings is 1. The molecule has 1 aliphatic rings. The number of hydrogen-bond donors (Lipinski definition) is 0. The Kier molecular flexibility index (Phi) is 4.16. The number of piperazine rings is 1. The molecule has 1 aliphatic heterocycles. The van der Waals surface area contributed by atoms with E-state index in [1.54, 1.807) is 0 Å². The first-order valence-electron chi connectivity index (χ1n) is 8.13. The molecule has 3 heterocycles. The number of carbonyl (C=O) groups is 1. The monoisotopic (exact) mass is 300 g/mol. The molecule has 1 fully saturated rings. The molecule has 2 aromatic heterocycles. The molecule has 5 nitrogen and oxygen atoms in total. The smallest absolute Gasteiger partial charge is 0.272 e. The fourth-order valence-electron chi connectivity index (χ4n) is 3.14. The lowest BCUT2D eigenvalue weighted by atomic mass is 10.2. The molecule has 0 atom stereocenters. The lowest BCUT2D eigenvalue weighted by molar-refractivity contribution is 0.0635. The number of hydrogen-bond acceptors (Lipinski definition) is 3. The Morgan fingerprint density at radius 1 is 1.23 bits per heavy atom. The molecule has 0 aromatic carbocycles. The molecule has 5 heteroatoms. The first-order valence-corrected chi connectivity index (χ1v) is 8.13. The van der Waals surface area contributed by atoms with Crippen LogP contribution in [-0.2, 0) is 6.42 Å². The normalized spacial score (nSPS) is 16.4. The van der Waals surface area contributed by atoms with Crippen LogP contribution in [0.3, 0.4) is 0 Å². The van der Waals surface area contributed by atoms with Gasteiger partial charge in [-0.25, -0.2) is 4.98 Å². The first-order chi connectivity index (χ1) is 10.7. The minimum Gasteiger partial charge on any atom is -0.335 e. The van der Waals surface area contributed by atoms with Gasteiger partial charge in [0, 0.05) is 32.4 Å². The lowest BCUT2D eigenvalue weighted by Gasteiger charge is -2.34. The average Bonchev–Trinajstić information content (AvgIpc) is 2.94. The third-order valence-electron chi connectivity index (χ3n) is 4.56. The van der Waals surface area contributed by atoms with E-state index in [1.807, 2.05) is 34.6 Å². The van der Waals surface area contributed by atoms with Crippen LogP contribution in [-0.4, -0.2) is 57.8 Å². The van der Waals surface area contributed by atoms with Crippen LogP contribution in [0.4, 0.5) is 0 Å². The third-order valence-corrected chi connectivity index (χ3v) is 4.56. The second-order valence-electron chi connectivity index (χ2n) is 5.87. The van der Waals surface area contributed by atoms with Crippen molar-refractivity contribution >= 4 is 11.6 Å². The summed E-state index contributed by atoms with van der Waals surface area (Å²) < 4.78 is 1.96. The van der Waals surface area contributed by atoms with Gasteiger partial charge in [-0.1, -0.05) is 19.9 Å². The molecule has 118 valence electrons. The number of amides is 1. The van der Waals surface area contributed by atoms with Crippen molar-refractivity contribution in [2.75, 3.05) is 32.7 Å². The quantitative estimate of drug-likeness (QED) is 0.870. The van der Waals surface area contributed by atoms with Gasteiger partial charge in [0.2, 0.25) is 0 Å². The van der Waals surface area contributed by atoms with Gasteiger partial charge in [0.05, 0.1) is 5.69 Å². The average molecular weight is 300 g/mol. The van der Waals surface area contributed by atoms with E-state index in [0.717, 1.165) is 61.7 Å². The summed E-state index contributed by atoms with van der Waals surface area (Å²) in [6.45, 7) is 10.8. The van der Waals surface area contributed by atoms with E-state index in [4.69, 9.17) is 0 Å². The van der Waals surface area contributed by atoms with Crippen LogP contribution in [0.1, 0.15) is 35.6 Å². The highest BCUT2D eigenvalue weighted by Gasteiger charge is 2.26. The van der Waals surface area contributed by atoms with Crippen LogP contribution in [0.25, 0.3) is 5.65 Å². The molecule has 3 rings (SSSR count). The molecular formula is C17H24N4O. The zero-order valence-corrected chi connectivity index (χ0v) is 13.7. The van der Waals surface area contributed by atoms with Crippen molar-refractivity contribution in [2.24, 2.45) is 0 Å². The molecular weight excluding hydrogens is 276 g/mol. The van der Waals surface area contributed by atoms with Crippen LogP contribution in [0.2, 0.25) is 0 Å². The number of aromatic nitrogens is 2. The molecule has 0 N–H and O–H groups in total. The van der Waals surface area contributed by atoms with Crippen molar-refractivity contribution in [3.63, 3.8) is 0 Å². The van der Waals surface area contributed by atoms with Gasteiger partial charge in [0.1, 0.15) is 11.3 Å². The summed E-state index contributed by atoms with van der Waals surface area (Å²) in [5.41, 5.74) is 3.64. The predicted octanol–water partition coefficient (Wildman–Crippen LogP) is 1.98. The first kappa shape index (κ1) is 15.0. The highest BCUT2D eigenvalue weighted by Crippen LogP contribution is 2.19. The Morgan fingerprint density at radius 2 is 1.95 bits per heavy atom. The maximum absolute atomic E-state index is 13.0. The van der Waals surface area contributed by atoms with Crippen LogP contribution >= 0.6 is 0 Å². The summed E-state index contributed by atoms with van der Waals surface area (Å²) in [5, 5.41) is 0. The maximum Gasteiger partial charge on any atom is 0.272 e. The molecule has 1 amide bonds. The lowest BCUT2D eigenvalue weighted by Crippen LogP contribution is -2.48. The minimum atomic E-state index is 0.116. The number of fused-ring (bicyclic) bond motifs is 1. The summed E-state index contributed by atoms with van der Waals surface area (Å²) >= 11 is 0. The highest BCUT2D eigenvalue weighted by atomic mass is 16.2. The van der Waals surface area contributed by atoms with Crippen LogP contribution in [0, 0.1) is 6.92 Å². The Morgan fingerprint density at radius 3 is 2.59 bits per heavy atom. The Balaban J connectivity index is 1.95. The van der Waals surface area contributed by atoms with Crippen molar-refractivity contribution in [1.82, 2.24) is 19.2 Å². The standard InChI is InChI=1S/C17H24N4O/c1-4-14-15(21-8-6-7-13(3)16(21)18-14)17(22)20-11-9-19(5-2)10-12-20/h6-8H,4-5,9-12H2,1-3H3. The summed E-state index contributed by atoms with van der Waals surface area (Å²) in [6.07, 6.45) is 2.72. The van der Waals surface area contributed by atoms with Gasteiger partial charge < -0.3 is 9.80 Å². The van der Waals surface area contributed by atoms with Gasteiger partial charge in [0.25, 0.3) is 5.91 Å². The van der Waals surface area contributed by atoms with Crippen LogP contribution in [0.15, 0.2) is 18.3 Å². The molecule has 0 radical (unpaired) electrons. The van der Waals surface area contributed by atoms with Gasteiger partial charge in [-0.2, -0.15) is 0 Å². The molecule has 1 saturated heterocycles. The summed E-state index contributed by atoms with van der Waals surface area (Å²) in [7, 11) is 0. The van der Waals surface area contributed by atoms with E-state index >= 15 is 0 Å². The highest BCUT2D eigenvalue weighted by molar-refractivity contribution is 5.95. The Labute approximate surface area is 131 Å².